The van der Waals surface area contributed by atoms with E-state index >= 15 is 0 Å². The number of carbonyl (C=O) groups is 1. The molecule has 0 saturated heterocycles. The number of pyridine rings is 1. The smallest absolute Gasteiger partial charge is 0.252 e. The lowest BCUT2D eigenvalue weighted by atomic mass is 10.2. The minimum atomic E-state index is -0.141. The number of thioether (sulfide) groups is 1. The van der Waals surface area contributed by atoms with Gasteiger partial charge in [0.15, 0.2) is 0 Å². The van der Waals surface area contributed by atoms with Gasteiger partial charge in [-0.15, -0.1) is 0 Å². The highest BCUT2D eigenvalue weighted by Crippen LogP contribution is 2.20. The summed E-state index contributed by atoms with van der Waals surface area (Å²) >= 11 is 7.80. The summed E-state index contributed by atoms with van der Waals surface area (Å²) in [5.41, 5.74) is 0.486. The first-order valence-corrected chi connectivity index (χ1v) is 7.95. The standard InChI is InChI=1S/C13H20ClN3OS/c1-4-5-15-12-11(14)6-10(8-16-12)13(18)17-7-9(2)19-3/h6,8-9H,4-5,7H2,1-3H3,(H,15,16)(H,17,18). The molecule has 1 amide bonds. The largest absolute Gasteiger partial charge is 0.369 e. The van der Waals surface area contributed by atoms with E-state index < -0.39 is 0 Å². The molecule has 1 heterocycles. The third-order valence-corrected chi connectivity index (χ3v) is 3.86. The summed E-state index contributed by atoms with van der Waals surface area (Å²) < 4.78 is 0. The molecule has 19 heavy (non-hydrogen) atoms. The second-order valence-electron chi connectivity index (χ2n) is 4.24. The predicted octanol–water partition coefficient (Wildman–Crippen LogP) is 3.04. The molecule has 0 aliphatic carbocycles. The van der Waals surface area contributed by atoms with Crippen LogP contribution in [0.2, 0.25) is 5.02 Å². The van der Waals surface area contributed by atoms with Gasteiger partial charge < -0.3 is 10.6 Å². The fourth-order valence-corrected chi connectivity index (χ4v) is 1.84. The monoisotopic (exact) mass is 301 g/mol. The molecule has 106 valence electrons. The second kappa shape index (κ2) is 8.27. The Labute approximate surface area is 123 Å². The van der Waals surface area contributed by atoms with E-state index in [0.717, 1.165) is 13.0 Å². The van der Waals surface area contributed by atoms with Crippen LogP contribution >= 0.6 is 23.4 Å². The van der Waals surface area contributed by atoms with Gasteiger partial charge in [-0.2, -0.15) is 11.8 Å². The molecule has 0 fully saturated rings. The van der Waals surface area contributed by atoms with Crippen LogP contribution in [-0.2, 0) is 0 Å². The first-order chi connectivity index (χ1) is 9.08. The van der Waals surface area contributed by atoms with E-state index in [4.69, 9.17) is 11.6 Å². The van der Waals surface area contributed by atoms with E-state index in [9.17, 15) is 4.79 Å². The minimum absolute atomic E-state index is 0.141. The van der Waals surface area contributed by atoms with Crippen molar-refractivity contribution in [3.8, 4) is 0 Å². The summed E-state index contributed by atoms with van der Waals surface area (Å²) in [6.45, 7) is 5.57. The van der Waals surface area contributed by atoms with E-state index in [-0.39, 0.29) is 5.91 Å². The van der Waals surface area contributed by atoms with Crippen LogP contribution in [0, 0.1) is 0 Å². The van der Waals surface area contributed by atoms with Gasteiger partial charge in [0.2, 0.25) is 0 Å². The van der Waals surface area contributed by atoms with Gasteiger partial charge in [0.1, 0.15) is 5.82 Å². The number of nitrogens with zero attached hydrogens (tertiary/aromatic N) is 1. The van der Waals surface area contributed by atoms with Crippen LogP contribution in [0.15, 0.2) is 12.3 Å². The Kier molecular flexibility index (Phi) is 7.02. The van der Waals surface area contributed by atoms with Gasteiger partial charge in [-0.25, -0.2) is 4.98 Å². The lowest BCUT2D eigenvalue weighted by molar-refractivity contribution is 0.0954. The van der Waals surface area contributed by atoms with Crippen molar-refractivity contribution in [1.29, 1.82) is 0 Å². The van der Waals surface area contributed by atoms with Crippen molar-refractivity contribution in [3.63, 3.8) is 0 Å². The molecule has 6 heteroatoms. The van der Waals surface area contributed by atoms with Crippen LogP contribution in [0.4, 0.5) is 5.82 Å². The number of hydrogen-bond acceptors (Lipinski definition) is 4. The maximum absolute atomic E-state index is 11.9. The van der Waals surface area contributed by atoms with Crippen LogP contribution in [0.5, 0.6) is 0 Å². The zero-order valence-electron chi connectivity index (χ0n) is 11.5. The van der Waals surface area contributed by atoms with Gasteiger partial charge in [0, 0.05) is 24.5 Å². The molecule has 1 unspecified atom stereocenters. The normalized spacial score (nSPS) is 12.0. The quantitative estimate of drug-likeness (QED) is 0.813. The average molecular weight is 302 g/mol. The molecule has 1 rings (SSSR count). The third-order valence-electron chi connectivity index (χ3n) is 2.60. The second-order valence-corrected chi connectivity index (χ2v) is 5.92. The molecule has 0 aromatic carbocycles. The molecule has 0 radical (unpaired) electrons. The van der Waals surface area contributed by atoms with Crippen molar-refractivity contribution in [3.05, 3.63) is 22.8 Å². The number of anilines is 1. The van der Waals surface area contributed by atoms with E-state index in [0.29, 0.717) is 28.2 Å². The molecule has 1 aromatic rings. The number of rotatable bonds is 7. The maximum atomic E-state index is 11.9. The number of halogens is 1. The predicted molar refractivity (Wildman–Crippen MR) is 83.3 cm³/mol. The van der Waals surface area contributed by atoms with Crippen LogP contribution < -0.4 is 10.6 Å². The number of aromatic nitrogens is 1. The summed E-state index contributed by atoms with van der Waals surface area (Å²) in [6, 6.07) is 1.64. The molecule has 1 atom stereocenters. The number of amides is 1. The number of hydrogen-bond donors (Lipinski definition) is 2. The number of nitrogens with one attached hydrogen (secondary N) is 2. The van der Waals surface area contributed by atoms with Crippen molar-refractivity contribution < 1.29 is 4.79 Å². The Bertz CT molecular complexity index is 428. The van der Waals surface area contributed by atoms with Gasteiger partial charge in [0.05, 0.1) is 10.6 Å². The fourth-order valence-electron chi connectivity index (χ4n) is 1.36. The third kappa shape index (κ3) is 5.28. The lowest BCUT2D eigenvalue weighted by Gasteiger charge is -2.11. The van der Waals surface area contributed by atoms with Gasteiger partial charge in [0.25, 0.3) is 5.91 Å². The van der Waals surface area contributed by atoms with Crippen molar-refractivity contribution in [2.75, 3.05) is 24.7 Å². The summed E-state index contributed by atoms with van der Waals surface area (Å²) in [6.07, 6.45) is 4.55. The minimum Gasteiger partial charge on any atom is -0.369 e. The average Bonchev–Trinajstić information content (AvgIpc) is 2.42. The summed E-state index contributed by atoms with van der Waals surface area (Å²) in [5, 5.41) is 6.83. The van der Waals surface area contributed by atoms with Crippen LogP contribution in [-0.4, -0.2) is 35.5 Å². The highest BCUT2D eigenvalue weighted by atomic mass is 35.5. The van der Waals surface area contributed by atoms with E-state index in [2.05, 4.69) is 29.5 Å². The Balaban J connectivity index is 2.63. The van der Waals surface area contributed by atoms with Crippen molar-refractivity contribution in [2.24, 2.45) is 0 Å². The molecule has 0 bridgehead atoms. The van der Waals surface area contributed by atoms with Crippen molar-refractivity contribution in [2.45, 2.75) is 25.5 Å². The zero-order chi connectivity index (χ0) is 14.3. The highest BCUT2D eigenvalue weighted by molar-refractivity contribution is 7.99. The molecule has 1 aromatic heterocycles. The number of carbonyl (C=O) groups excluding carboxylic acids is 1. The summed E-state index contributed by atoms with van der Waals surface area (Å²) in [4.78, 5) is 16.1. The van der Waals surface area contributed by atoms with E-state index in [1.165, 1.54) is 0 Å². The van der Waals surface area contributed by atoms with Gasteiger partial charge >= 0.3 is 0 Å². The molecule has 0 spiro atoms. The zero-order valence-corrected chi connectivity index (χ0v) is 13.1. The molecule has 2 N–H and O–H groups in total. The Morgan fingerprint density at radius 3 is 2.89 bits per heavy atom. The lowest BCUT2D eigenvalue weighted by Crippen LogP contribution is -2.29. The first kappa shape index (κ1) is 16.1. The molecular weight excluding hydrogens is 282 g/mol. The molecule has 0 aliphatic heterocycles. The van der Waals surface area contributed by atoms with Crippen molar-refractivity contribution >= 4 is 35.1 Å². The van der Waals surface area contributed by atoms with Gasteiger partial charge in [-0.05, 0) is 18.7 Å². The van der Waals surface area contributed by atoms with Crippen molar-refractivity contribution in [1.82, 2.24) is 10.3 Å². The van der Waals surface area contributed by atoms with Crippen LogP contribution in [0.1, 0.15) is 30.6 Å². The Morgan fingerprint density at radius 1 is 1.58 bits per heavy atom. The topological polar surface area (TPSA) is 54.0 Å². The van der Waals surface area contributed by atoms with Crippen LogP contribution in [0.3, 0.4) is 0 Å². The van der Waals surface area contributed by atoms with Gasteiger partial charge in [-0.3, -0.25) is 4.79 Å². The summed E-state index contributed by atoms with van der Waals surface area (Å²) in [5.74, 6) is 0.481. The SMILES string of the molecule is CCCNc1ncc(C(=O)NCC(C)SC)cc1Cl. The fraction of sp³-hybridized carbons (Fsp3) is 0.538. The summed E-state index contributed by atoms with van der Waals surface area (Å²) in [7, 11) is 0. The first-order valence-electron chi connectivity index (χ1n) is 6.28. The molecule has 0 saturated carbocycles. The molecule has 4 nitrogen and oxygen atoms in total. The highest BCUT2D eigenvalue weighted by Gasteiger charge is 2.10. The van der Waals surface area contributed by atoms with E-state index in [1.54, 1.807) is 24.0 Å². The Morgan fingerprint density at radius 2 is 2.32 bits per heavy atom. The maximum Gasteiger partial charge on any atom is 0.252 e. The van der Waals surface area contributed by atoms with E-state index in [1.807, 2.05) is 6.26 Å². The molecular formula is C13H20ClN3OS. The Hall–Kier alpha value is -0.940. The van der Waals surface area contributed by atoms with Gasteiger partial charge in [-0.1, -0.05) is 25.4 Å². The molecule has 0 aliphatic rings. The van der Waals surface area contributed by atoms with Crippen LogP contribution in [0.25, 0.3) is 0 Å².